The molecule has 0 radical (unpaired) electrons. The molecule has 2 aromatic heterocycles. The van der Waals surface area contributed by atoms with Crippen LogP contribution >= 0.6 is 0 Å². The summed E-state index contributed by atoms with van der Waals surface area (Å²) < 4.78 is 0. The van der Waals surface area contributed by atoms with E-state index in [0.717, 1.165) is 44.2 Å². The van der Waals surface area contributed by atoms with Gasteiger partial charge in [0.2, 0.25) is 0 Å². The summed E-state index contributed by atoms with van der Waals surface area (Å²) in [5.74, 6) is 3.58. The van der Waals surface area contributed by atoms with E-state index in [0.29, 0.717) is 34.9 Å². The molecule has 0 bridgehead atoms. The summed E-state index contributed by atoms with van der Waals surface area (Å²) in [6.45, 7) is 0. The van der Waals surface area contributed by atoms with Crippen molar-refractivity contribution in [2.24, 2.45) is 0 Å². The highest BCUT2D eigenvalue weighted by Gasteiger charge is 2.19. The molecule has 0 atom stereocenters. The summed E-state index contributed by atoms with van der Waals surface area (Å²) in [5.41, 5.74) is 5.41. The second-order valence-corrected chi connectivity index (χ2v) is 10.8. The van der Waals surface area contributed by atoms with Crippen molar-refractivity contribution in [3.63, 3.8) is 0 Å². The van der Waals surface area contributed by atoms with Crippen LogP contribution in [0.15, 0.2) is 158 Å². The molecule has 8 aromatic rings. The van der Waals surface area contributed by atoms with Crippen molar-refractivity contribution in [3.8, 4) is 68.3 Å². The Morgan fingerprint density at radius 2 is 0.522 bits per heavy atom. The zero-order valence-corrected chi connectivity index (χ0v) is 24.7. The van der Waals surface area contributed by atoms with Crippen molar-refractivity contribution in [1.82, 2.24) is 29.9 Å². The fraction of sp³-hybridized carbons (Fsp3) is 0. The summed E-state index contributed by atoms with van der Waals surface area (Å²) >= 11 is 0. The molecule has 2 heterocycles. The van der Waals surface area contributed by atoms with Crippen LogP contribution in [0.1, 0.15) is 0 Å². The first-order valence-electron chi connectivity index (χ1n) is 15.1. The zero-order chi connectivity index (χ0) is 30.7. The third-order valence-corrected chi connectivity index (χ3v) is 7.79. The van der Waals surface area contributed by atoms with Gasteiger partial charge in [-0.3, -0.25) is 0 Å². The van der Waals surface area contributed by atoms with Gasteiger partial charge in [-0.25, -0.2) is 29.9 Å². The van der Waals surface area contributed by atoms with Gasteiger partial charge in [0, 0.05) is 38.8 Å². The summed E-state index contributed by atoms with van der Waals surface area (Å²) in [7, 11) is 0. The second kappa shape index (κ2) is 11.9. The number of aromatic nitrogens is 6. The lowest BCUT2D eigenvalue weighted by atomic mass is 9.98. The van der Waals surface area contributed by atoms with Gasteiger partial charge in [0.1, 0.15) is 0 Å². The Balaban J connectivity index is 1.38. The first kappa shape index (κ1) is 27.2. The van der Waals surface area contributed by atoms with E-state index in [1.54, 1.807) is 0 Å². The van der Waals surface area contributed by atoms with Crippen LogP contribution in [0, 0.1) is 0 Å². The molecule has 0 saturated heterocycles. The van der Waals surface area contributed by atoms with Crippen molar-refractivity contribution in [2.75, 3.05) is 0 Å². The van der Waals surface area contributed by atoms with Gasteiger partial charge in [0.15, 0.2) is 34.9 Å². The van der Waals surface area contributed by atoms with Crippen molar-refractivity contribution in [1.29, 1.82) is 0 Å². The summed E-state index contributed by atoms with van der Waals surface area (Å²) in [5, 5.41) is 1.99. The number of nitrogens with zero attached hydrogens (tertiary/aromatic N) is 6. The summed E-state index contributed by atoms with van der Waals surface area (Å²) in [6.07, 6.45) is 0. The maximum Gasteiger partial charge on any atom is 0.164 e. The number of hydrogen-bond donors (Lipinski definition) is 0. The highest BCUT2D eigenvalue weighted by molar-refractivity contribution is 6.04. The maximum atomic E-state index is 5.04. The van der Waals surface area contributed by atoms with Gasteiger partial charge in [-0.15, -0.1) is 0 Å². The van der Waals surface area contributed by atoms with Crippen LogP contribution in [0.5, 0.6) is 0 Å². The molecule has 0 aliphatic heterocycles. The van der Waals surface area contributed by atoms with Crippen molar-refractivity contribution < 1.29 is 0 Å². The maximum absolute atomic E-state index is 5.04. The Labute approximate surface area is 266 Å². The van der Waals surface area contributed by atoms with Crippen molar-refractivity contribution in [3.05, 3.63) is 158 Å². The fourth-order valence-corrected chi connectivity index (χ4v) is 5.57. The minimum absolute atomic E-state index is 0.575. The third-order valence-electron chi connectivity index (χ3n) is 7.79. The van der Waals surface area contributed by atoms with E-state index in [-0.39, 0.29) is 0 Å². The monoisotopic (exact) mass is 590 g/mol. The van der Waals surface area contributed by atoms with Gasteiger partial charge in [-0.1, -0.05) is 158 Å². The Bertz CT molecular complexity index is 2010. The van der Waals surface area contributed by atoms with Crippen LogP contribution in [-0.2, 0) is 0 Å². The van der Waals surface area contributed by atoms with Crippen LogP contribution in [0.2, 0.25) is 0 Å². The van der Waals surface area contributed by atoms with Gasteiger partial charge < -0.3 is 0 Å². The Hall–Kier alpha value is -6.40. The standard InChI is InChI=1S/C40H26N6/c1-5-15-28(16-6-1)35-41-36(29-17-7-2-8-18-29)44-39(43-35)32-25-13-23-27-24-14-26-33(34(27)32)40-45-37(30-19-9-3-10-20-30)42-38(46-40)31-21-11-4-12-22-31/h1-26H. The van der Waals surface area contributed by atoms with Gasteiger partial charge in [-0.05, 0) is 5.39 Å². The molecule has 6 nitrogen and oxygen atoms in total. The molecule has 0 fully saturated rings. The average molecular weight is 591 g/mol. The van der Waals surface area contributed by atoms with Crippen LogP contribution in [0.4, 0.5) is 0 Å². The molecule has 0 N–H and O–H groups in total. The average Bonchev–Trinajstić information content (AvgIpc) is 3.15. The first-order valence-corrected chi connectivity index (χ1v) is 15.1. The fourth-order valence-electron chi connectivity index (χ4n) is 5.57. The third kappa shape index (κ3) is 5.29. The Morgan fingerprint density at radius 1 is 0.239 bits per heavy atom. The minimum Gasteiger partial charge on any atom is -0.208 e. The van der Waals surface area contributed by atoms with Gasteiger partial charge in [0.25, 0.3) is 0 Å². The number of fused-ring (bicyclic) bond motifs is 1. The van der Waals surface area contributed by atoms with Crippen LogP contribution in [-0.4, -0.2) is 29.9 Å². The molecule has 0 unspecified atom stereocenters. The molecule has 46 heavy (non-hydrogen) atoms. The van der Waals surface area contributed by atoms with E-state index in [4.69, 9.17) is 29.9 Å². The molecule has 0 saturated carbocycles. The van der Waals surface area contributed by atoms with Gasteiger partial charge in [0.05, 0.1) is 0 Å². The lowest BCUT2D eigenvalue weighted by molar-refractivity contribution is 1.07. The topological polar surface area (TPSA) is 77.3 Å². The Morgan fingerprint density at radius 3 is 0.826 bits per heavy atom. The van der Waals surface area contributed by atoms with E-state index in [1.165, 1.54) is 0 Å². The lowest BCUT2D eigenvalue weighted by Crippen LogP contribution is -2.02. The zero-order valence-electron chi connectivity index (χ0n) is 24.7. The van der Waals surface area contributed by atoms with E-state index < -0.39 is 0 Å². The second-order valence-electron chi connectivity index (χ2n) is 10.8. The van der Waals surface area contributed by atoms with E-state index in [2.05, 4.69) is 24.3 Å². The molecule has 0 aliphatic carbocycles. The Kier molecular flexibility index (Phi) is 7.05. The molecule has 216 valence electrons. The molecular weight excluding hydrogens is 564 g/mol. The van der Waals surface area contributed by atoms with E-state index >= 15 is 0 Å². The highest BCUT2D eigenvalue weighted by Crippen LogP contribution is 2.36. The molecular formula is C40H26N6. The summed E-state index contributed by atoms with van der Waals surface area (Å²) in [6, 6.07) is 52.4. The molecule has 6 aromatic carbocycles. The minimum atomic E-state index is 0.575. The molecule has 6 heteroatoms. The molecule has 0 aliphatic rings. The van der Waals surface area contributed by atoms with E-state index in [9.17, 15) is 0 Å². The molecule has 8 rings (SSSR count). The van der Waals surface area contributed by atoms with Gasteiger partial charge >= 0.3 is 0 Å². The lowest BCUT2D eigenvalue weighted by Gasteiger charge is -2.14. The van der Waals surface area contributed by atoms with E-state index in [1.807, 2.05) is 133 Å². The first-order chi connectivity index (χ1) is 22.8. The normalized spacial score (nSPS) is 11.0. The van der Waals surface area contributed by atoms with Crippen LogP contribution in [0.3, 0.4) is 0 Å². The predicted molar refractivity (Wildman–Crippen MR) is 183 cm³/mol. The number of rotatable bonds is 6. The SMILES string of the molecule is c1ccc(-c2nc(-c3ccccc3)nc(-c3cccc4cccc(-c5nc(-c6ccccc6)nc(-c6ccccc6)n5)c34)n2)cc1. The predicted octanol–water partition coefficient (Wildman–Crippen LogP) is 9.21. The molecule has 0 spiro atoms. The quantitative estimate of drug-likeness (QED) is 0.192. The highest BCUT2D eigenvalue weighted by atomic mass is 15.0. The van der Waals surface area contributed by atoms with Gasteiger partial charge in [-0.2, -0.15) is 0 Å². The van der Waals surface area contributed by atoms with Crippen LogP contribution in [0.25, 0.3) is 79.1 Å². The largest absolute Gasteiger partial charge is 0.208 e. The number of hydrogen-bond acceptors (Lipinski definition) is 6. The smallest absolute Gasteiger partial charge is 0.164 e. The number of benzene rings is 6. The molecule has 0 amide bonds. The summed E-state index contributed by atoms with van der Waals surface area (Å²) in [4.78, 5) is 29.9. The van der Waals surface area contributed by atoms with Crippen molar-refractivity contribution >= 4 is 10.8 Å². The van der Waals surface area contributed by atoms with Crippen molar-refractivity contribution in [2.45, 2.75) is 0 Å². The van der Waals surface area contributed by atoms with Crippen LogP contribution < -0.4 is 0 Å².